The number of para-hydroxylation sites is 1. The van der Waals surface area contributed by atoms with Gasteiger partial charge in [0, 0.05) is 48.6 Å². The summed E-state index contributed by atoms with van der Waals surface area (Å²) in [6, 6.07) is 5.86. The molecule has 0 unspecified atom stereocenters. The van der Waals surface area contributed by atoms with Crippen LogP contribution in [0.15, 0.2) is 18.2 Å². The number of benzene rings is 1. The molecule has 22 heavy (non-hydrogen) atoms. The van der Waals surface area contributed by atoms with E-state index < -0.39 is 6.09 Å². The molecular formula is C16H18ClN2O3-. The third-order valence-corrected chi connectivity index (χ3v) is 4.80. The Balaban J connectivity index is 1.86. The van der Waals surface area contributed by atoms with E-state index in [4.69, 9.17) is 11.6 Å². The first-order chi connectivity index (χ1) is 10.6. The van der Waals surface area contributed by atoms with Crippen LogP contribution in [-0.2, 0) is 0 Å². The van der Waals surface area contributed by atoms with E-state index in [-0.39, 0.29) is 17.7 Å². The number of anilines is 1. The Bertz CT molecular complexity index is 605. The van der Waals surface area contributed by atoms with Crippen LogP contribution in [0.3, 0.4) is 0 Å². The molecule has 1 aromatic rings. The number of carbonyl (C=O) groups is 2. The van der Waals surface area contributed by atoms with Crippen molar-refractivity contribution in [2.75, 3.05) is 24.3 Å². The molecule has 6 heteroatoms. The summed E-state index contributed by atoms with van der Waals surface area (Å²) in [4.78, 5) is 24.8. The van der Waals surface area contributed by atoms with Crippen molar-refractivity contribution in [3.8, 4) is 0 Å². The minimum Gasteiger partial charge on any atom is -0.530 e. The number of piperidine rings is 1. The van der Waals surface area contributed by atoms with Crippen LogP contribution in [-0.4, -0.2) is 41.8 Å². The normalized spacial score (nSPS) is 22.7. The summed E-state index contributed by atoms with van der Waals surface area (Å²) < 4.78 is 0. The van der Waals surface area contributed by atoms with Crippen LogP contribution < -0.4 is 10.4 Å². The zero-order chi connectivity index (χ0) is 15.7. The lowest BCUT2D eigenvalue weighted by Crippen LogP contribution is -2.49. The maximum absolute atomic E-state index is 12.3. The Labute approximate surface area is 134 Å². The number of fused-ring (bicyclic) bond motifs is 3. The topological polar surface area (TPSA) is 72.5 Å². The van der Waals surface area contributed by atoms with Gasteiger partial charge in [0.1, 0.15) is 6.09 Å². The van der Waals surface area contributed by atoms with Crippen molar-refractivity contribution in [1.29, 1.82) is 0 Å². The van der Waals surface area contributed by atoms with Gasteiger partial charge in [-0.15, -0.1) is 11.6 Å². The van der Waals surface area contributed by atoms with Crippen LogP contribution in [0.5, 0.6) is 0 Å². The SMILES string of the molecule is O=C(CCCCl)c1cccc2c1N[C@@H]1CCN(C(=O)[O-])C[C@H]21. The minimum absolute atomic E-state index is 0.0837. The van der Waals surface area contributed by atoms with E-state index in [1.54, 1.807) is 0 Å². The Kier molecular flexibility index (Phi) is 4.25. The summed E-state index contributed by atoms with van der Waals surface area (Å²) in [5.41, 5.74) is 2.60. The summed E-state index contributed by atoms with van der Waals surface area (Å²) >= 11 is 5.66. The fourth-order valence-electron chi connectivity index (χ4n) is 3.43. The average molecular weight is 322 g/mol. The number of amides is 1. The number of nitrogens with zero attached hydrogens (tertiary/aromatic N) is 1. The number of hydrogen-bond donors (Lipinski definition) is 1. The second-order valence-electron chi connectivity index (χ2n) is 5.84. The van der Waals surface area contributed by atoms with Crippen molar-refractivity contribution in [3.05, 3.63) is 29.3 Å². The van der Waals surface area contributed by atoms with Gasteiger partial charge >= 0.3 is 0 Å². The predicted molar refractivity (Wildman–Crippen MR) is 82.5 cm³/mol. The van der Waals surface area contributed by atoms with E-state index in [9.17, 15) is 14.7 Å². The number of hydrogen-bond acceptors (Lipinski definition) is 4. The number of likely N-dealkylation sites (tertiary alicyclic amines) is 1. The zero-order valence-electron chi connectivity index (χ0n) is 12.2. The van der Waals surface area contributed by atoms with Gasteiger partial charge < -0.3 is 20.1 Å². The first-order valence-electron chi connectivity index (χ1n) is 7.56. The highest BCUT2D eigenvalue weighted by Gasteiger charge is 2.38. The number of carboxylic acid groups (broad SMARTS) is 1. The third-order valence-electron chi connectivity index (χ3n) is 4.53. The van der Waals surface area contributed by atoms with Crippen molar-refractivity contribution < 1.29 is 14.7 Å². The van der Waals surface area contributed by atoms with Crippen molar-refractivity contribution in [2.24, 2.45) is 0 Å². The molecule has 1 amide bonds. The van der Waals surface area contributed by atoms with Crippen LogP contribution >= 0.6 is 11.6 Å². The molecule has 1 fully saturated rings. The molecule has 1 N–H and O–H groups in total. The third kappa shape index (κ3) is 2.65. The summed E-state index contributed by atoms with van der Waals surface area (Å²) in [7, 11) is 0. The standard InChI is InChI=1S/C16H19ClN2O3/c17-7-2-5-14(20)11-4-1-3-10-12-9-19(16(21)22)8-6-13(12)18-15(10)11/h1,3-4,12-13,18H,2,5-9H2,(H,21,22)/p-1/t12-,13-/m1/s1. The zero-order valence-corrected chi connectivity index (χ0v) is 12.9. The molecule has 2 aliphatic rings. The highest BCUT2D eigenvalue weighted by atomic mass is 35.5. The Hall–Kier alpha value is -1.75. The largest absolute Gasteiger partial charge is 0.530 e. The van der Waals surface area contributed by atoms with Gasteiger partial charge in [-0.2, -0.15) is 0 Å². The van der Waals surface area contributed by atoms with Crippen LogP contribution in [0.2, 0.25) is 0 Å². The highest BCUT2D eigenvalue weighted by Crippen LogP contribution is 2.42. The van der Waals surface area contributed by atoms with Gasteiger partial charge in [0.2, 0.25) is 0 Å². The number of rotatable bonds is 4. The van der Waals surface area contributed by atoms with Gasteiger partial charge in [-0.25, -0.2) is 0 Å². The molecule has 0 radical (unpaired) electrons. The van der Waals surface area contributed by atoms with Gasteiger partial charge in [-0.3, -0.25) is 4.79 Å². The van der Waals surface area contributed by atoms with Gasteiger partial charge in [0.25, 0.3) is 0 Å². The van der Waals surface area contributed by atoms with E-state index in [0.29, 0.717) is 37.4 Å². The molecule has 1 saturated heterocycles. The maximum Gasteiger partial charge on any atom is 0.165 e. The Morgan fingerprint density at radius 2 is 2.23 bits per heavy atom. The fourth-order valence-corrected chi connectivity index (χ4v) is 3.56. The van der Waals surface area contributed by atoms with Crippen LogP contribution in [0.25, 0.3) is 0 Å². The number of carbonyl (C=O) groups excluding carboxylic acids is 2. The number of alkyl halides is 1. The quantitative estimate of drug-likeness (QED) is 0.678. The van der Waals surface area contributed by atoms with Crippen LogP contribution in [0.4, 0.5) is 10.5 Å². The Morgan fingerprint density at radius 1 is 1.41 bits per heavy atom. The van der Waals surface area contributed by atoms with E-state index in [0.717, 1.165) is 17.7 Å². The van der Waals surface area contributed by atoms with Crippen molar-refractivity contribution in [2.45, 2.75) is 31.2 Å². The maximum atomic E-state index is 12.3. The van der Waals surface area contributed by atoms with Gasteiger partial charge in [-0.1, -0.05) is 12.1 Å². The van der Waals surface area contributed by atoms with E-state index in [2.05, 4.69) is 5.32 Å². The first kappa shape index (κ1) is 15.2. The molecule has 1 aromatic carbocycles. The van der Waals surface area contributed by atoms with E-state index in [1.165, 1.54) is 4.90 Å². The number of halogens is 1. The fraction of sp³-hybridized carbons (Fsp3) is 0.500. The molecule has 2 heterocycles. The number of nitrogens with one attached hydrogen (secondary N) is 1. The molecule has 0 spiro atoms. The number of Topliss-reactive ketones (excluding diaryl/α,β-unsaturated/α-hetero) is 1. The lowest BCUT2D eigenvalue weighted by Gasteiger charge is -2.36. The molecule has 0 bridgehead atoms. The van der Waals surface area contributed by atoms with E-state index in [1.807, 2.05) is 18.2 Å². The first-order valence-corrected chi connectivity index (χ1v) is 8.09. The minimum atomic E-state index is -1.12. The molecule has 2 atom stereocenters. The van der Waals surface area contributed by atoms with Crippen molar-refractivity contribution in [3.63, 3.8) is 0 Å². The number of ketones is 1. The average Bonchev–Trinajstić information content (AvgIpc) is 2.90. The predicted octanol–water partition coefficient (Wildman–Crippen LogP) is 1.81. The summed E-state index contributed by atoms with van der Waals surface area (Å²) in [5, 5.41) is 14.5. The molecule has 0 aromatic heterocycles. The smallest absolute Gasteiger partial charge is 0.165 e. The molecule has 2 aliphatic heterocycles. The molecule has 0 saturated carbocycles. The van der Waals surface area contributed by atoms with E-state index >= 15 is 0 Å². The Morgan fingerprint density at radius 3 is 2.95 bits per heavy atom. The molecule has 5 nitrogen and oxygen atoms in total. The van der Waals surface area contributed by atoms with Crippen molar-refractivity contribution >= 4 is 29.2 Å². The second-order valence-corrected chi connectivity index (χ2v) is 6.22. The highest BCUT2D eigenvalue weighted by molar-refractivity contribution is 6.18. The molecule has 0 aliphatic carbocycles. The summed E-state index contributed by atoms with van der Waals surface area (Å²) in [6.45, 7) is 0.895. The summed E-state index contributed by atoms with van der Waals surface area (Å²) in [5.74, 6) is 0.642. The van der Waals surface area contributed by atoms with Crippen LogP contribution in [0.1, 0.15) is 41.1 Å². The lowest BCUT2D eigenvalue weighted by molar-refractivity contribution is -0.266. The van der Waals surface area contributed by atoms with Gasteiger partial charge in [-0.05, 0) is 24.5 Å². The van der Waals surface area contributed by atoms with Gasteiger partial charge in [0.05, 0.1) is 0 Å². The lowest BCUT2D eigenvalue weighted by atomic mass is 9.88. The summed E-state index contributed by atoms with van der Waals surface area (Å²) in [6.07, 6.45) is 0.696. The monoisotopic (exact) mass is 321 g/mol. The molecular weight excluding hydrogens is 304 g/mol. The van der Waals surface area contributed by atoms with Crippen LogP contribution in [0, 0.1) is 0 Å². The van der Waals surface area contributed by atoms with Gasteiger partial charge in [0.15, 0.2) is 5.78 Å². The van der Waals surface area contributed by atoms with Crippen molar-refractivity contribution in [1.82, 2.24) is 4.90 Å². The molecule has 3 rings (SSSR count). The second kappa shape index (κ2) is 6.16. The molecule has 118 valence electrons.